The van der Waals surface area contributed by atoms with E-state index in [-0.39, 0.29) is 0 Å². The lowest BCUT2D eigenvalue weighted by molar-refractivity contribution is 1.34. The van der Waals surface area contributed by atoms with E-state index < -0.39 is 0 Å². The molecular formula is C15H13Cl2N3. The van der Waals surface area contributed by atoms with Crippen molar-refractivity contribution in [3.63, 3.8) is 0 Å². The SMILES string of the molecule is Cc1cc2nc(-c3cc(N)c(Cl)c(Cl)c3)[nH]c2cc1C. The van der Waals surface area contributed by atoms with Gasteiger partial charge in [-0.2, -0.15) is 0 Å². The molecule has 0 fully saturated rings. The lowest BCUT2D eigenvalue weighted by Crippen LogP contribution is -1.89. The van der Waals surface area contributed by atoms with Gasteiger partial charge in [-0.1, -0.05) is 23.2 Å². The van der Waals surface area contributed by atoms with Gasteiger partial charge in [0.05, 0.1) is 26.8 Å². The minimum absolute atomic E-state index is 0.373. The molecule has 5 heteroatoms. The molecule has 1 heterocycles. The van der Waals surface area contributed by atoms with Crippen LogP contribution in [0.2, 0.25) is 10.0 Å². The maximum atomic E-state index is 6.06. The van der Waals surface area contributed by atoms with Gasteiger partial charge in [0, 0.05) is 5.56 Å². The van der Waals surface area contributed by atoms with E-state index >= 15 is 0 Å². The van der Waals surface area contributed by atoms with Gasteiger partial charge in [-0.05, 0) is 49.2 Å². The number of benzene rings is 2. The molecule has 0 aliphatic carbocycles. The van der Waals surface area contributed by atoms with Gasteiger partial charge >= 0.3 is 0 Å². The highest BCUT2D eigenvalue weighted by Crippen LogP contribution is 2.33. The van der Waals surface area contributed by atoms with E-state index in [4.69, 9.17) is 28.9 Å². The van der Waals surface area contributed by atoms with Crippen LogP contribution in [0.15, 0.2) is 24.3 Å². The maximum absolute atomic E-state index is 6.06. The number of aromatic nitrogens is 2. The Kier molecular flexibility index (Phi) is 3.11. The van der Waals surface area contributed by atoms with E-state index in [0.29, 0.717) is 15.7 Å². The smallest absolute Gasteiger partial charge is 0.138 e. The first-order chi connectivity index (χ1) is 9.45. The molecule has 0 atom stereocenters. The van der Waals surface area contributed by atoms with Gasteiger partial charge in [0.2, 0.25) is 0 Å². The minimum atomic E-state index is 0.373. The molecule has 0 aliphatic heterocycles. The monoisotopic (exact) mass is 305 g/mol. The number of anilines is 1. The Balaban J connectivity index is 2.20. The first-order valence-electron chi connectivity index (χ1n) is 6.17. The van der Waals surface area contributed by atoms with Crippen LogP contribution in [-0.2, 0) is 0 Å². The van der Waals surface area contributed by atoms with E-state index in [2.05, 4.69) is 35.9 Å². The summed E-state index contributed by atoms with van der Waals surface area (Å²) in [4.78, 5) is 7.87. The molecule has 0 radical (unpaired) electrons. The van der Waals surface area contributed by atoms with Gasteiger partial charge in [-0.15, -0.1) is 0 Å². The summed E-state index contributed by atoms with van der Waals surface area (Å²) < 4.78 is 0. The topological polar surface area (TPSA) is 54.7 Å². The highest BCUT2D eigenvalue weighted by molar-refractivity contribution is 6.43. The summed E-state index contributed by atoms with van der Waals surface area (Å²) in [6.45, 7) is 4.15. The standard InChI is InChI=1S/C15H13Cl2N3/c1-7-3-12-13(4-8(7)2)20-15(19-12)9-5-10(16)14(17)11(18)6-9/h3-6H,18H2,1-2H3,(H,19,20). The molecule has 3 nitrogen and oxygen atoms in total. The summed E-state index contributed by atoms with van der Waals surface area (Å²) in [6.07, 6.45) is 0. The average Bonchev–Trinajstić information content (AvgIpc) is 2.79. The minimum Gasteiger partial charge on any atom is -0.397 e. The number of fused-ring (bicyclic) bond motifs is 1. The van der Waals surface area contributed by atoms with Crippen molar-refractivity contribution in [2.75, 3.05) is 5.73 Å². The van der Waals surface area contributed by atoms with Crippen LogP contribution in [0.5, 0.6) is 0 Å². The molecule has 102 valence electrons. The zero-order chi connectivity index (χ0) is 14.4. The first-order valence-corrected chi connectivity index (χ1v) is 6.93. The number of aromatic amines is 1. The Morgan fingerprint density at radius 2 is 1.75 bits per heavy atom. The summed E-state index contributed by atoms with van der Waals surface area (Å²) >= 11 is 12.0. The van der Waals surface area contributed by atoms with Crippen molar-refractivity contribution in [3.05, 3.63) is 45.4 Å². The lowest BCUT2D eigenvalue weighted by atomic mass is 10.1. The number of halogens is 2. The third kappa shape index (κ3) is 2.13. The zero-order valence-electron chi connectivity index (χ0n) is 11.1. The molecule has 3 N–H and O–H groups in total. The molecule has 0 spiro atoms. The molecule has 0 saturated heterocycles. The van der Waals surface area contributed by atoms with Gasteiger partial charge in [0.15, 0.2) is 0 Å². The van der Waals surface area contributed by atoms with Gasteiger partial charge < -0.3 is 10.7 Å². The van der Waals surface area contributed by atoms with Crippen LogP contribution in [0.25, 0.3) is 22.4 Å². The second kappa shape index (κ2) is 4.69. The second-order valence-corrected chi connectivity index (χ2v) is 5.69. The Bertz CT molecular complexity index is 759. The number of hydrogen-bond donors (Lipinski definition) is 2. The number of hydrogen-bond acceptors (Lipinski definition) is 2. The van der Waals surface area contributed by atoms with E-state index in [1.54, 1.807) is 12.1 Å². The van der Waals surface area contributed by atoms with Crippen LogP contribution in [-0.4, -0.2) is 9.97 Å². The zero-order valence-corrected chi connectivity index (χ0v) is 12.6. The molecule has 0 unspecified atom stereocenters. The number of nitrogen functional groups attached to an aromatic ring is 1. The van der Waals surface area contributed by atoms with Gasteiger partial charge in [-0.3, -0.25) is 0 Å². The summed E-state index contributed by atoms with van der Waals surface area (Å²) in [5.41, 5.74) is 11.5. The van der Waals surface area contributed by atoms with Crippen molar-refractivity contribution in [3.8, 4) is 11.4 Å². The average molecular weight is 306 g/mol. The van der Waals surface area contributed by atoms with Gasteiger partial charge in [-0.25, -0.2) is 4.98 Å². The number of nitrogens with zero attached hydrogens (tertiary/aromatic N) is 1. The predicted molar refractivity (Wildman–Crippen MR) is 85.4 cm³/mol. The van der Waals surface area contributed by atoms with Crippen molar-refractivity contribution < 1.29 is 0 Å². The number of imidazole rings is 1. The number of nitrogens with two attached hydrogens (primary N) is 1. The highest BCUT2D eigenvalue weighted by atomic mass is 35.5. The van der Waals surface area contributed by atoms with Crippen LogP contribution < -0.4 is 5.73 Å². The van der Waals surface area contributed by atoms with Crippen LogP contribution in [0.3, 0.4) is 0 Å². The molecular weight excluding hydrogens is 293 g/mol. The van der Waals surface area contributed by atoms with Crippen LogP contribution >= 0.6 is 23.2 Å². The largest absolute Gasteiger partial charge is 0.397 e. The summed E-state index contributed by atoms with van der Waals surface area (Å²) in [6, 6.07) is 7.68. The van der Waals surface area contributed by atoms with Crippen LogP contribution in [0.1, 0.15) is 11.1 Å². The molecule has 2 aromatic carbocycles. The fourth-order valence-corrected chi connectivity index (χ4v) is 2.49. The Morgan fingerprint density at radius 3 is 2.45 bits per heavy atom. The summed E-state index contributed by atoms with van der Waals surface area (Å²) in [5.74, 6) is 0.732. The predicted octanol–water partition coefficient (Wildman–Crippen LogP) is 4.74. The molecule has 0 bridgehead atoms. The van der Waals surface area contributed by atoms with E-state index in [1.807, 2.05) is 0 Å². The second-order valence-electron chi connectivity index (χ2n) is 4.90. The fraction of sp³-hybridized carbons (Fsp3) is 0.133. The normalized spacial score (nSPS) is 11.2. The van der Waals surface area contributed by atoms with E-state index in [9.17, 15) is 0 Å². The third-order valence-electron chi connectivity index (χ3n) is 3.43. The molecule has 0 amide bonds. The van der Waals surface area contributed by atoms with Crippen molar-refractivity contribution in [1.29, 1.82) is 0 Å². The molecule has 20 heavy (non-hydrogen) atoms. The molecule has 0 saturated carbocycles. The maximum Gasteiger partial charge on any atom is 0.138 e. The Morgan fingerprint density at radius 1 is 1.05 bits per heavy atom. The molecule has 1 aromatic heterocycles. The number of aryl methyl sites for hydroxylation is 2. The summed E-state index contributed by atoms with van der Waals surface area (Å²) in [5, 5.41) is 0.799. The van der Waals surface area contributed by atoms with Crippen LogP contribution in [0, 0.1) is 13.8 Å². The lowest BCUT2D eigenvalue weighted by Gasteiger charge is -2.03. The summed E-state index contributed by atoms with van der Waals surface area (Å²) in [7, 11) is 0. The van der Waals surface area contributed by atoms with E-state index in [0.717, 1.165) is 22.4 Å². The van der Waals surface area contributed by atoms with Crippen molar-refractivity contribution in [1.82, 2.24) is 9.97 Å². The van der Waals surface area contributed by atoms with Crippen LogP contribution in [0.4, 0.5) is 5.69 Å². The Hall–Kier alpha value is -1.71. The number of rotatable bonds is 1. The van der Waals surface area contributed by atoms with Gasteiger partial charge in [0.25, 0.3) is 0 Å². The van der Waals surface area contributed by atoms with Crippen molar-refractivity contribution in [2.45, 2.75) is 13.8 Å². The van der Waals surface area contributed by atoms with Crippen molar-refractivity contribution >= 4 is 39.9 Å². The van der Waals surface area contributed by atoms with Gasteiger partial charge in [0.1, 0.15) is 5.82 Å². The molecule has 3 rings (SSSR count). The molecule has 3 aromatic rings. The third-order valence-corrected chi connectivity index (χ3v) is 4.24. The first kappa shape index (κ1) is 13.3. The fourth-order valence-electron chi connectivity index (χ4n) is 2.15. The number of H-pyrrole nitrogens is 1. The quantitative estimate of drug-likeness (QED) is 0.638. The Labute approximate surface area is 126 Å². The highest BCUT2D eigenvalue weighted by Gasteiger charge is 2.11. The molecule has 0 aliphatic rings. The van der Waals surface area contributed by atoms with Crippen molar-refractivity contribution in [2.24, 2.45) is 0 Å². The number of nitrogens with one attached hydrogen (secondary N) is 1. The van der Waals surface area contributed by atoms with E-state index in [1.165, 1.54) is 11.1 Å².